The maximum absolute atomic E-state index is 12.9. The van der Waals surface area contributed by atoms with Crippen LogP contribution in [0.5, 0.6) is 0 Å². The van der Waals surface area contributed by atoms with Crippen molar-refractivity contribution in [2.75, 3.05) is 0 Å². The minimum atomic E-state index is -0.389. The van der Waals surface area contributed by atoms with E-state index in [2.05, 4.69) is 30.8 Å². The summed E-state index contributed by atoms with van der Waals surface area (Å²) in [6.45, 7) is 6.29. The van der Waals surface area contributed by atoms with Crippen LogP contribution in [0.1, 0.15) is 45.2 Å². The van der Waals surface area contributed by atoms with Crippen molar-refractivity contribution in [1.29, 1.82) is 0 Å². The highest BCUT2D eigenvalue weighted by Gasteiger charge is 2.41. The summed E-state index contributed by atoms with van der Waals surface area (Å²) in [5.74, 6) is 0.749. The fraction of sp³-hybridized carbons (Fsp3) is 0.588. The van der Waals surface area contributed by atoms with Crippen molar-refractivity contribution in [2.45, 2.75) is 39.7 Å². The highest BCUT2D eigenvalue weighted by Crippen LogP contribution is 2.42. The van der Waals surface area contributed by atoms with Crippen LogP contribution < -0.4 is 0 Å². The fourth-order valence-electron chi connectivity index (χ4n) is 3.47. The second kappa shape index (κ2) is 6.77. The van der Waals surface area contributed by atoms with E-state index < -0.39 is 0 Å². The van der Waals surface area contributed by atoms with Crippen molar-refractivity contribution < 1.29 is 4.79 Å². The first-order chi connectivity index (χ1) is 10.1. The van der Waals surface area contributed by atoms with Crippen LogP contribution in [0.2, 0.25) is 0 Å². The highest BCUT2D eigenvalue weighted by molar-refractivity contribution is 5.85. The summed E-state index contributed by atoms with van der Waals surface area (Å²) in [5, 5.41) is 3.97. The van der Waals surface area contributed by atoms with Crippen LogP contribution in [0, 0.1) is 23.7 Å². The van der Waals surface area contributed by atoms with Crippen molar-refractivity contribution in [1.82, 2.24) is 0 Å². The zero-order valence-corrected chi connectivity index (χ0v) is 12.9. The van der Waals surface area contributed by atoms with Crippen molar-refractivity contribution in [3.8, 4) is 0 Å². The molecule has 0 heterocycles. The summed E-state index contributed by atoms with van der Waals surface area (Å²) in [7, 11) is 0. The van der Waals surface area contributed by atoms with Crippen molar-refractivity contribution in [3.63, 3.8) is 0 Å². The van der Waals surface area contributed by atoms with Crippen LogP contribution in [0.15, 0.2) is 35.4 Å². The van der Waals surface area contributed by atoms with Crippen LogP contribution in [0.4, 0.5) is 0 Å². The van der Waals surface area contributed by atoms with Crippen LogP contribution >= 0.6 is 0 Å². The van der Waals surface area contributed by atoms with Gasteiger partial charge in [-0.05, 0) is 35.8 Å². The molecule has 0 saturated heterocycles. The first-order valence-corrected chi connectivity index (χ1v) is 7.69. The summed E-state index contributed by atoms with van der Waals surface area (Å²) in [4.78, 5) is 15.9. The molecule has 0 aliphatic heterocycles. The Balaban J connectivity index is 2.38. The minimum Gasteiger partial charge on any atom is -0.299 e. The molecular formula is C17H23N3O. The molecule has 112 valence electrons. The van der Waals surface area contributed by atoms with Crippen molar-refractivity contribution in [3.05, 3.63) is 46.3 Å². The lowest BCUT2D eigenvalue weighted by Crippen LogP contribution is -2.39. The molecule has 1 aliphatic rings. The molecule has 1 aliphatic carbocycles. The number of hydrogen-bond acceptors (Lipinski definition) is 2. The van der Waals surface area contributed by atoms with Gasteiger partial charge in [-0.2, -0.15) is 0 Å². The van der Waals surface area contributed by atoms with E-state index in [0.29, 0.717) is 5.92 Å². The topological polar surface area (TPSA) is 65.8 Å². The zero-order valence-electron chi connectivity index (χ0n) is 12.9. The van der Waals surface area contributed by atoms with E-state index in [1.54, 1.807) is 0 Å². The lowest BCUT2D eigenvalue weighted by atomic mass is 9.67. The number of ketones is 1. The van der Waals surface area contributed by atoms with Gasteiger partial charge < -0.3 is 0 Å². The van der Waals surface area contributed by atoms with Crippen LogP contribution in [-0.4, -0.2) is 5.78 Å². The summed E-state index contributed by atoms with van der Waals surface area (Å²) in [5.41, 5.74) is 9.86. The van der Waals surface area contributed by atoms with Gasteiger partial charge in [0.15, 0.2) is 0 Å². The molecule has 4 nitrogen and oxygen atoms in total. The van der Waals surface area contributed by atoms with E-state index in [9.17, 15) is 4.79 Å². The van der Waals surface area contributed by atoms with E-state index in [-0.39, 0.29) is 29.6 Å². The van der Waals surface area contributed by atoms with Crippen LogP contribution in [0.25, 0.3) is 10.4 Å². The number of rotatable bonds is 4. The monoisotopic (exact) mass is 285 g/mol. The second-order valence-corrected chi connectivity index (χ2v) is 6.39. The SMILES string of the molecule is CC(C)[C@H]1CC[C@@H](C)[C@H]([C@@H](N=[N+]=[N-])c2ccccc2)C1=O. The van der Waals surface area contributed by atoms with E-state index in [1.165, 1.54) is 0 Å². The molecule has 0 N–H and O–H groups in total. The van der Waals surface area contributed by atoms with Crippen molar-refractivity contribution in [2.24, 2.45) is 28.8 Å². The first-order valence-electron chi connectivity index (χ1n) is 7.69. The largest absolute Gasteiger partial charge is 0.299 e. The first kappa shape index (κ1) is 15.6. The van der Waals surface area contributed by atoms with Crippen molar-refractivity contribution >= 4 is 5.78 Å². The molecular weight excluding hydrogens is 262 g/mol. The Morgan fingerprint density at radius 1 is 1.24 bits per heavy atom. The zero-order chi connectivity index (χ0) is 15.4. The van der Waals surface area contributed by atoms with E-state index >= 15 is 0 Å². The predicted octanol–water partition coefficient (Wildman–Crippen LogP) is 4.93. The molecule has 0 radical (unpaired) electrons. The van der Waals surface area contributed by atoms with E-state index in [4.69, 9.17) is 5.53 Å². The number of nitrogens with zero attached hydrogens (tertiary/aromatic N) is 3. The normalized spacial score (nSPS) is 27.2. The number of carbonyl (C=O) groups excluding carboxylic acids is 1. The third-order valence-electron chi connectivity index (χ3n) is 4.70. The molecule has 1 aromatic rings. The van der Waals surface area contributed by atoms with Gasteiger partial charge >= 0.3 is 0 Å². The molecule has 4 heteroatoms. The summed E-state index contributed by atoms with van der Waals surface area (Å²) in [6.07, 6.45) is 1.97. The van der Waals surface area contributed by atoms with Gasteiger partial charge in [-0.3, -0.25) is 4.79 Å². The number of hydrogen-bond donors (Lipinski definition) is 0. The third-order valence-corrected chi connectivity index (χ3v) is 4.70. The second-order valence-electron chi connectivity index (χ2n) is 6.39. The van der Waals surface area contributed by atoms with Gasteiger partial charge in [0.25, 0.3) is 0 Å². The molecule has 0 amide bonds. The molecule has 1 fully saturated rings. The molecule has 1 saturated carbocycles. The number of carbonyl (C=O) groups is 1. The molecule has 0 aromatic heterocycles. The lowest BCUT2D eigenvalue weighted by molar-refractivity contribution is -0.133. The molecule has 0 bridgehead atoms. The van der Waals surface area contributed by atoms with Gasteiger partial charge in [-0.15, -0.1) is 0 Å². The summed E-state index contributed by atoms with van der Waals surface area (Å²) < 4.78 is 0. The maximum Gasteiger partial charge on any atom is 0.140 e. The molecule has 4 atom stereocenters. The Hall–Kier alpha value is -1.80. The number of azide groups is 1. The molecule has 2 rings (SSSR count). The van der Waals surface area contributed by atoms with Crippen LogP contribution in [-0.2, 0) is 4.79 Å². The Labute approximate surface area is 126 Å². The standard InChI is InChI=1S/C17H23N3O/c1-11(2)14-10-9-12(3)15(17(14)21)16(19-20-18)13-7-5-4-6-8-13/h4-8,11-12,14-16H,9-10H2,1-3H3/t12-,14-,15-,16+/m1/s1. The summed E-state index contributed by atoms with van der Waals surface area (Å²) >= 11 is 0. The number of benzene rings is 1. The van der Waals surface area contributed by atoms with Gasteiger partial charge in [0.1, 0.15) is 5.78 Å². The molecule has 0 unspecified atom stereocenters. The fourth-order valence-corrected chi connectivity index (χ4v) is 3.47. The average Bonchev–Trinajstić information content (AvgIpc) is 2.47. The Morgan fingerprint density at radius 3 is 2.48 bits per heavy atom. The molecule has 1 aromatic carbocycles. The van der Waals surface area contributed by atoms with Gasteiger partial charge in [0.2, 0.25) is 0 Å². The average molecular weight is 285 g/mol. The van der Waals surface area contributed by atoms with E-state index in [1.807, 2.05) is 30.3 Å². The summed E-state index contributed by atoms with van der Waals surface area (Å²) in [6, 6.07) is 9.27. The molecule has 0 spiro atoms. The highest BCUT2D eigenvalue weighted by atomic mass is 16.1. The van der Waals surface area contributed by atoms with E-state index in [0.717, 1.165) is 18.4 Å². The quantitative estimate of drug-likeness (QED) is 0.439. The smallest absolute Gasteiger partial charge is 0.140 e. The van der Waals surface area contributed by atoms with Gasteiger partial charge in [-0.1, -0.05) is 56.2 Å². The van der Waals surface area contributed by atoms with Gasteiger partial charge in [0.05, 0.1) is 6.04 Å². The van der Waals surface area contributed by atoms with Gasteiger partial charge in [0, 0.05) is 16.7 Å². The lowest BCUT2D eigenvalue weighted by Gasteiger charge is -2.37. The predicted molar refractivity (Wildman–Crippen MR) is 83.6 cm³/mol. The van der Waals surface area contributed by atoms with Crippen LogP contribution in [0.3, 0.4) is 0 Å². The van der Waals surface area contributed by atoms with Gasteiger partial charge in [-0.25, -0.2) is 0 Å². The maximum atomic E-state index is 12.9. The Morgan fingerprint density at radius 2 is 1.90 bits per heavy atom. The Kier molecular flexibility index (Phi) is 5.03. The molecule has 21 heavy (non-hydrogen) atoms. The minimum absolute atomic E-state index is 0.0892. The third kappa shape index (κ3) is 3.27. The Bertz CT molecular complexity index is 534. The number of Topliss-reactive ketones (excluding diaryl/α,β-unsaturated/α-hetero) is 1.